The molecular weight excluding hydrogens is 472 g/mol. The molecule has 2 saturated heterocycles. The summed E-state index contributed by atoms with van der Waals surface area (Å²) in [6.45, 7) is -0.379. The predicted molar refractivity (Wildman–Crippen MR) is 118 cm³/mol. The Hall–Kier alpha value is -2.14. The molecule has 3 fully saturated rings. The molecule has 34 heavy (non-hydrogen) atoms. The molecule has 1 aliphatic carbocycles. The molecule has 4 atom stereocenters. The topological polar surface area (TPSA) is 64.6 Å². The zero-order chi connectivity index (χ0) is 24.0. The lowest BCUT2D eigenvalue weighted by molar-refractivity contribution is -0.158. The van der Waals surface area contributed by atoms with Gasteiger partial charge in [0.2, 0.25) is 0 Å². The number of likely N-dealkylation sites (tertiary alicyclic amines) is 1. The van der Waals surface area contributed by atoms with Crippen molar-refractivity contribution in [3.05, 3.63) is 59.7 Å². The Bertz CT molecular complexity index is 1060. The van der Waals surface area contributed by atoms with Crippen molar-refractivity contribution in [2.75, 3.05) is 13.2 Å². The molecule has 0 spiro atoms. The molecule has 182 valence electrons. The standard InChI is InChI=1S/C24H24F4N2O3S/c25-17-10-16(11-18(26)12-17)15-3-1-2-14(8-15)9-20-22(29-34(32)19-4-5-19)24(27,28)13-30(20)23(31)21-6-7-33-21/h1-3,8,10-12,19-22,29H,4-7,9,13H2/t20-,21?,22+,34?/m0/s1. The van der Waals surface area contributed by atoms with Crippen LogP contribution < -0.4 is 4.72 Å². The van der Waals surface area contributed by atoms with Crippen molar-refractivity contribution < 1.29 is 31.6 Å². The maximum absolute atomic E-state index is 15.1. The summed E-state index contributed by atoms with van der Waals surface area (Å²) in [5.41, 5.74) is 1.45. The summed E-state index contributed by atoms with van der Waals surface area (Å²) >= 11 is -1.62. The zero-order valence-corrected chi connectivity index (χ0v) is 19.0. The van der Waals surface area contributed by atoms with Gasteiger partial charge in [0.15, 0.2) is 0 Å². The van der Waals surface area contributed by atoms with Gasteiger partial charge in [0.1, 0.15) is 29.0 Å². The second-order valence-electron chi connectivity index (χ2n) is 9.10. The Balaban J connectivity index is 1.44. The first-order chi connectivity index (χ1) is 16.2. The van der Waals surface area contributed by atoms with E-state index in [1.165, 1.54) is 12.1 Å². The van der Waals surface area contributed by atoms with Gasteiger partial charge in [-0.2, -0.15) is 0 Å². The molecule has 0 bridgehead atoms. The minimum Gasteiger partial charge on any atom is -0.598 e. The third kappa shape index (κ3) is 4.82. The van der Waals surface area contributed by atoms with Gasteiger partial charge in [0.25, 0.3) is 11.8 Å². The number of carbonyl (C=O) groups excluding carboxylic acids is 1. The van der Waals surface area contributed by atoms with Crippen molar-refractivity contribution in [2.24, 2.45) is 0 Å². The van der Waals surface area contributed by atoms with Crippen LogP contribution >= 0.6 is 0 Å². The largest absolute Gasteiger partial charge is 0.598 e. The van der Waals surface area contributed by atoms with E-state index in [1.54, 1.807) is 24.3 Å². The van der Waals surface area contributed by atoms with Crippen LogP contribution in [0.3, 0.4) is 0 Å². The highest BCUT2D eigenvalue weighted by molar-refractivity contribution is 7.90. The summed E-state index contributed by atoms with van der Waals surface area (Å²) in [6.07, 6.45) is 1.22. The van der Waals surface area contributed by atoms with Gasteiger partial charge in [-0.1, -0.05) is 24.3 Å². The summed E-state index contributed by atoms with van der Waals surface area (Å²) in [5, 5.41) is -0.151. The highest BCUT2D eigenvalue weighted by Crippen LogP contribution is 2.38. The second kappa shape index (κ2) is 9.14. The Kier molecular flexibility index (Phi) is 6.34. The number of rotatable bonds is 7. The summed E-state index contributed by atoms with van der Waals surface area (Å²) in [6, 6.07) is 7.43. The zero-order valence-electron chi connectivity index (χ0n) is 18.2. The first-order valence-corrected chi connectivity index (χ1v) is 12.4. The third-order valence-corrected chi connectivity index (χ3v) is 8.08. The SMILES string of the molecule is O=C(C1CCO1)N1CC(F)(F)[C@H](N[S+]([O-])C2CC2)[C@@H]1Cc1cccc(-c2cc(F)cc(F)c2)c1. The first kappa shape index (κ1) is 23.6. The fourth-order valence-corrected chi connectivity index (χ4v) is 5.83. The molecule has 3 aliphatic rings. The van der Waals surface area contributed by atoms with E-state index in [2.05, 4.69) is 4.72 Å². The highest BCUT2D eigenvalue weighted by atomic mass is 32.2. The summed E-state index contributed by atoms with van der Waals surface area (Å²) in [7, 11) is 0. The molecule has 5 nitrogen and oxygen atoms in total. The normalized spacial score (nSPS) is 26.9. The van der Waals surface area contributed by atoms with Crippen LogP contribution in [-0.2, 0) is 27.3 Å². The van der Waals surface area contributed by atoms with Gasteiger partial charge in [0, 0.05) is 36.7 Å². The van der Waals surface area contributed by atoms with Gasteiger partial charge in [0.05, 0.1) is 19.2 Å². The smallest absolute Gasteiger partial charge is 0.286 e. The molecule has 0 radical (unpaired) electrons. The number of ether oxygens (including phenoxy) is 1. The Labute approximate surface area is 197 Å². The van der Waals surface area contributed by atoms with Crippen molar-refractivity contribution in [2.45, 2.75) is 55.0 Å². The van der Waals surface area contributed by atoms with E-state index < -0.39 is 59.6 Å². The van der Waals surface area contributed by atoms with Crippen LogP contribution in [0.15, 0.2) is 42.5 Å². The van der Waals surface area contributed by atoms with E-state index in [0.717, 1.165) is 11.0 Å². The minimum atomic E-state index is -3.28. The average Bonchev–Trinajstić information content (AvgIpc) is 3.55. The third-order valence-electron chi connectivity index (χ3n) is 6.52. The molecule has 2 unspecified atom stereocenters. The molecule has 2 aromatic carbocycles. The molecule has 10 heteroatoms. The van der Waals surface area contributed by atoms with Gasteiger partial charge in [-0.15, -0.1) is 4.72 Å². The summed E-state index contributed by atoms with van der Waals surface area (Å²) in [4.78, 5) is 14.1. The molecule has 2 aromatic rings. The number of hydrogen-bond acceptors (Lipinski definition) is 4. The monoisotopic (exact) mass is 496 g/mol. The molecule has 1 saturated carbocycles. The quantitative estimate of drug-likeness (QED) is 0.470. The van der Waals surface area contributed by atoms with E-state index in [-0.39, 0.29) is 11.7 Å². The van der Waals surface area contributed by atoms with E-state index in [1.807, 2.05) is 0 Å². The van der Waals surface area contributed by atoms with Crippen molar-refractivity contribution in [3.8, 4) is 11.1 Å². The minimum absolute atomic E-state index is 0.0548. The number of alkyl halides is 2. The van der Waals surface area contributed by atoms with Crippen LogP contribution in [0.4, 0.5) is 17.6 Å². The summed E-state index contributed by atoms with van der Waals surface area (Å²) < 4.78 is 78.0. The molecule has 0 aromatic heterocycles. The van der Waals surface area contributed by atoms with Gasteiger partial charge in [-0.3, -0.25) is 4.79 Å². The van der Waals surface area contributed by atoms with Crippen LogP contribution in [-0.4, -0.2) is 57.9 Å². The van der Waals surface area contributed by atoms with Crippen molar-refractivity contribution in [1.29, 1.82) is 0 Å². The lowest BCUT2D eigenvalue weighted by Gasteiger charge is -2.33. The maximum Gasteiger partial charge on any atom is 0.286 e. The molecule has 5 rings (SSSR count). The van der Waals surface area contributed by atoms with Crippen LogP contribution in [0.1, 0.15) is 24.8 Å². The number of benzene rings is 2. The number of halogens is 4. The lowest BCUT2D eigenvalue weighted by atomic mass is 9.95. The van der Waals surface area contributed by atoms with Crippen LogP contribution in [0.5, 0.6) is 0 Å². The van der Waals surface area contributed by atoms with Gasteiger partial charge in [-0.25, -0.2) is 17.6 Å². The van der Waals surface area contributed by atoms with Crippen molar-refractivity contribution in [3.63, 3.8) is 0 Å². The van der Waals surface area contributed by atoms with E-state index in [0.29, 0.717) is 42.6 Å². The van der Waals surface area contributed by atoms with Crippen molar-refractivity contribution in [1.82, 2.24) is 9.62 Å². The number of nitrogens with zero attached hydrogens (tertiary/aromatic N) is 1. The predicted octanol–water partition coefficient (Wildman–Crippen LogP) is 3.59. The van der Waals surface area contributed by atoms with Crippen molar-refractivity contribution >= 4 is 17.3 Å². The molecule has 2 aliphatic heterocycles. The second-order valence-corrected chi connectivity index (χ2v) is 10.6. The maximum atomic E-state index is 15.1. The van der Waals surface area contributed by atoms with Crippen LogP contribution in [0, 0.1) is 11.6 Å². The number of amides is 1. The van der Waals surface area contributed by atoms with Gasteiger partial charge < -0.3 is 14.2 Å². The molecule has 1 N–H and O–H groups in total. The Morgan fingerprint density at radius 2 is 1.82 bits per heavy atom. The fraction of sp³-hybridized carbons (Fsp3) is 0.458. The molecule has 2 heterocycles. The average molecular weight is 497 g/mol. The highest BCUT2D eigenvalue weighted by Gasteiger charge is 2.59. The fourth-order valence-electron chi connectivity index (χ4n) is 4.50. The summed E-state index contributed by atoms with van der Waals surface area (Å²) in [5.74, 6) is -5.22. The molecule has 1 amide bonds. The van der Waals surface area contributed by atoms with Gasteiger partial charge >= 0.3 is 0 Å². The first-order valence-electron chi connectivity index (χ1n) is 11.2. The van der Waals surface area contributed by atoms with E-state index in [9.17, 15) is 18.1 Å². The number of nitrogens with one attached hydrogen (secondary N) is 1. The van der Waals surface area contributed by atoms with E-state index in [4.69, 9.17) is 4.74 Å². The Morgan fingerprint density at radius 3 is 2.44 bits per heavy atom. The number of hydrogen-bond donors (Lipinski definition) is 1. The van der Waals surface area contributed by atoms with Crippen LogP contribution in [0.25, 0.3) is 11.1 Å². The lowest BCUT2D eigenvalue weighted by Crippen LogP contribution is -2.54. The number of carbonyl (C=O) groups is 1. The molecular formula is C24H24F4N2O3S. The van der Waals surface area contributed by atoms with E-state index >= 15 is 8.78 Å². The Morgan fingerprint density at radius 1 is 1.12 bits per heavy atom. The van der Waals surface area contributed by atoms with Crippen LogP contribution in [0.2, 0.25) is 0 Å². The van der Waals surface area contributed by atoms with Gasteiger partial charge in [-0.05, 0) is 35.2 Å².